The molecule has 0 bridgehead atoms. The van der Waals surface area contributed by atoms with Gasteiger partial charge in [-0.3, -0.25) is 0 Å². The fraction of sp³-hybridized carbons (Fsp3) is 0.409. The zero-order valence-electron chi connectivity index (χ0n) is 16.5. The van der Waals surface area contributed by atoms with Crippen molar-refractivity contribution in [1.29, 1.82) is 0 Å². The lowest BCUT2D eigenvalue weighted by atomic mass is 9.91. The fourth-order valence-corrected chi connectivity index (χ4v) is 5.00. The van der Waals surface area contributed by atoms with E-state index in [1.165, 1.54) is 0 Å². The van der Waals surface area contributed by atoms with Gasteiger partial charge in [0.05, 0.1) is 11.8 Å². The van der Waals surface area contributed by atoms with Crippen molar-refractivity contribution in [3.63, 3.8) is 0 Å². The van der Waals surface area contributed by atoms with Gasteiger partial charge in [-0.1, -0.05) is 28.1 Å². The van der Waals surface area contributed by atoms with E-state index in [1.54, 1.807) is 18.2 Å². The molecule has 0 radical (unpaired) electrons. The van der Waals surface area contributed by atoms with E-state index in [2.05, 4.69) is 39.0 Å². The van der Waals surface area contributed by atoms with Crippen LogP contribution in [0.25, 0.3) is 0 Å². The summed E-state index contributed by atoms with van der Waals surface area (Å²) in [7, 11) is 2.11. The van der Waals surface area contributed by atoms with E-state index in [1.807, 2.05) is 18.2 Å². The van der Waals surface area contributed by atoms with E-state index in [-0.39, 0.29) is 11.8 Å². The highest BCUT2D eigenvalue weighted by Gasteiger charge is 2.51. The topological polar surface area (TPSA) is 37.3 Å². The van der Waals surface area contributed by atoms with Crippen molar-refractivity contribution >= 4 is 21.6 Å². The van der Waals surface area contributed by atoms with Crippen molar-refractivity contribution in [3.05, 3.63) is 58.1 Å². The number of hydrazone groups is 1. The monoisotopic (exact) mass is 477 g/mol. The molecule has 0 unspecified atom stereocenters. The summed E-state index contributed by atoms with van der Waals surface area (Å²) in [6.07, 6.45) is 2.25. The maximum atomic E-state index is 12.9. The van der Waals surface area contributed by atoms with E-state index in [0.29, 0.717) is 12.0 Å². The summed E-state index contributed by atoms with van der Waals surface area (Å²) in [5, 5.41) is 7.02. The van der Waals surface area contributed by atoms with Crippen LogP contribution >= 0.6 is 15.9 Å². The molecule has 1 saturated heterocycles. The van der Waals surface area contributed by atoms with Crippen molar-refractivity contribution in [3.8, 4) is 11.5 Å². The molecule has 0 saturated carbocycles. The van der Waals surface area contributed by atoms with E-state index in [0.717, 1.165) is 47.4 Å². The first-order valence-corrected chi connectivity index (χ1v) is 10.8. The number of nitrogens with zero attached hydrogens (tertiary/aromatic N) is 3. The summed E-state index contributed by atoms with van der Waals surface area (Å²) >= 11 is 3.56. The van der Waals surface area contributed by atoms with Gasteiger partial charge in [0.1, 0.15) is 11.5 Å². The first-order valence-electron chi connectivity index (χ1n) is 10.0. The molecule has 0 N–H and O–H groups in total. The number of para-hydroxylation sites is 1. The number of rotatable bonds is 3. The molecule has 3 aliphatic rings. The zero-order valence-corrected chi connectivity index (χ0v) is 18.1. The van der Waals surface area contributed by atoms with Crippen LogP contribution in [0.1, 0.15) is 36.4 Å². The number of hydrogen-bond donors (Lipinski definition) is 0. The van der Waals surface area contributed by atoms with Gasteiger partial charge in [-0.2, -0.15) is 13.9 Å². The molecule has 3 heterocycles. The van der Waals surface area contributed by atoms with E-state index < -0.39 is 12.3 Å². The third-order valence-corrected chi connectivity index (χ3v) is 6.63. The lowest BCUT2D eigenvalue weighted by Gasteiger charge is -2.50. The average molecular weight is 478 g/mol. The molecule has 5 nitrogen and oxygen atoms in total. The Hall–Kier alpha value is -2.19. The molecule has 0 aliphatic carbocycles. The number of ether oxygens (including phenoxy) is 2. The second-order valence-corrected chi connectivity index (χ2v) is 8.94. The van der Waals surface area contributed by atoms with Crippen LogP contribution in [0.2, 0.25) is 0 Å². The van der Waals surface area contributed by atoms with Gasteiger partial charge in [-0.05, 0) is 37.4 Å². The molecule has 30 heavy (non-hydrogen) atoms. The first kappa shape index (κ1) is 19.8. The number of likely N-dealkylation sites (tertiary alicyclic amines) is 1. The van der Waals surface area contributed by atoms with Gasteiger partial charge in [0.25, 0.3) is 0 Å². The maximum absolute atomic E-state index is 12.9. The molecular weight excluding hydrogens is 456 g/mol. The van der Waals surface area contributed by atoms with E-state index in [9.17, 15) is 8.78 Å². The Bertz CT molecular complexity index is 992. The van der Waals surface area contributed by atoms with Gasteiger partial charge < -0.3 is 14.4 Å². The van der Waals surface area contributed by atoms with Crippen LogP contribution in [0.5, 0.6) is 11.5 Å². The molecule has 2 aromatic carbocycles. The van der Waals surface area contributed by atoms with Crippen LogP contribution in [-0.2, 0) is 0 Å². The SMILES string of the molecule is CN1CCC2(CC1)Oc1ccc(Br)cc1[C@@H]1CC(c3ccccc3OC(F)F)=NN12. The molecule has 0 amide bonds. The average Bonchev–Trinajstić information content (AvgIpc) is 3.17. The first-order chi connectivity index (χ1) is 14.4. The number of hydrogen-bond acceptors (Lipinski definition) is 5. The van der Waals surface area contributed by atoms with Crippen LogP contribution in [0.3, 0.4) is 0 Å². The van der Waals surface area contributed by atoms with Gasteiger partial charge in [0.15, 0.2) is 0 Å². The van der Waals surface area contributed by atoms with Crippen molar-refractivity contribution in [2.45, 2.75) is 37.6 Å². The summed E-state index contributed by atoms with van der Waals surface area (Å²) in [6.45, 7) is -1.06. The summed E-state index contributed by atoms with van der Waals surface area (Å²) in [5.74, 6) is 1.02. The number of alkyl halides is 2. The molecule has 1 fully saturated rings. The van der Waals surface area contributed by atoms with E-state index >= 15 is 0 Å². The number of piperidine rings is 1. The molecule has 0 aromatic heterocycles. The Balaban J connectivity index is 1.58. The van der Waals surface area contributed by atoms with E-state index in [4.69, 9.17) is 14.6 Å². The molecule has 158 valence electrons. The van der Waals surface area contributed by atoms with Gasteiger partial charge in [0, 0.05) is 48.0 Å². The minimum absolute atomic E-state index is 0.00994. The standard InChI is InChI=1S/C22H22BrF2N3O2/c1-27-10-8-22(9-11-27)28-18(16-12-14(23)6-7-20(16)30-22)13-17(26-28)15-4-2-3-5-19(15)29-21(24)25/h2-7,12,18,21H,8-11,13H2,1H3/t18-/m0/s1. The molecule has 1 atom stereocenters. The smallest absolute Gasteiger partial charge is 0.387 e. The van der Waals surface area contributed by atoms with Crippen molar-refractivity contribution in [2.24, 2.45) is 5.10 Å². The Labute approximate surface area is 182 Å². The third kappa shape index (κ3) is 3.36. The normalized spacial score (nSPS) is 22.5. The predicted molar refractivity (Wildman–Crippen MR) is 113 cm³/mol. The summed E-state index contributed by atoms with van der Waals surface area (Å²) in [4.78, 5) is 2.28. The van der Waals surface area contributed by atoms with Crippen molar-refractivity contribution in [1.82, 2.24) is 9.91 Å². The Kier molecular flexibility index (Phi) is 4.94. The van der Waals surface area contributed by atoms with Gasteiger partial charge in [-0.15, -0.1) is 0 Å². The minimum Gasteiger partial charge on any atom is -0.466 e. The quantitative estimate of drug-likeness (QED) is 0.622. The highest BCUT2D eigenvalue weighted by Crippen LogP contribution is 2.50. The summed E-state index contributed by atoms with van der Waals surface area (Å²) in [5.41, 5.74) is 1.87. The van der Waals surface area contributed by atoms with Gasteiger partial charge in [0.2, 0.25) is 5.72 Å². The second kappa shape index (κ2) is 7.50. The second-order valence-electron chi connectivity index (χ2n) is 8.02. The third-order valence-electron chi connectivity index (χ3n) is 6.14. The van der Waals surface area contributed by atoms with Crippen LogP contribution in [-0.4, -0.2) is 48.1 Å². The molecule has 3 aliphatic heterocycles. The highest BCUT2D eigenvalue weighted by molar-refractivity contribution is 9.10. The molecule has 8 heteroatoms. The highest BCUT2D eigenvalue weighted by atomic mass is 79.9. The van der Waals surface area contributed by atoms with Crippen LogP contribution in [0, 0.1) is 0 Å². The largest absolute Gasteiger partial charge is 0.466 e. The number of halogens is 3. The van der Waals surface area contributed by atoms with Crippen molar-refractivity contribution < 1.29 is 18.3 Å². The zero-order chi connectivity index (χ0) is 20.9. The Morgan fingerprint density at radius 3 is 2.73 bits per heavy atom. The van der Waals surface area contributed by atoms with Crippen LogP contribution in [0.15, 0.2) is 52.0 Å². The fourth-order valence-electron chi connectivity index (χ4n) is 4.62. The van der Waals surface area contributed by atoms with Crippen molar-refractivity contribution in [2.75, 3.05) is 20.1 Å². The summed E-state index contributed by atoms with van der Waals surface area (Å²) in [6, 6.07) is 12.9. The molecule has 1 spiro atoms. The number of benzene rings is 2. The lowest BCUT2D eigenvalue weighted by molar-refractivity contribution is -0.147. The minimum atomic E-state index is -2.88. The molecule has 2 aromatic rings. The van der Waals surface area contributed by atoms with Gasteiger partial charge in [-0.25, -0.2) is 5.01 Å². The van der Waals surface area contributed by atoms with Gasteiger partial charge >= 0.3 is 6.61 Å². The number of fused-ring (bicyclic) bond motifs is 4. The van der Waals surface area contributed by atoms with Crippen LogP contribution < -0.4 is 9.47 Å². The molecular formula is C22H22BrF2N3O2. The Morgan fingerprint density at radius 2 is 1.97 bits per heavy atom. The molecule has 5 rings (SSSR count). The van der Waals surface area contributed by atoms with Crippen LogP contribution in [0.4, 0.5) is 8.78 Å². The lowest BCUT2D eigenvalue weighted by Crippen LogP contribution is -2.58. The Morgan fingerprint density at radius 1 is 1.20 bits per heavy atom. The summed E-state index contributed by atoms with van der Waals surface area (Å²) < 4.78 is 38.2. The maximum Gasteiger partial charge on any atom is 0.387 e. The predicted octanol–water partition coefficient (Wildman–Crippen LogP) is 5.02.